The summed E-state index contributed by atoms with van der Waals surface area (Å²) in [6.07, 6.45) is 3.64. The van der Waals surface area contributed by atoms with E-state index >= 15 is 0 Å². The fraction of sp³-hybridized carbons (Fsp3) is 0.250. The van der Waals surface area contributed by atoms with E-state index in [1.54, 1.807) is 29.1 Å². The third-order valence-electron chi connectivity index (χ3n) is 2.65. The molecule has 2 N–H and O–H groups in total. The summed E-state index contributed by atoms with van der Waals surface area (Å²) >= 11 is 0. The van der Waals surface area contributed by atoms with Crippen LogP contribution in [-0.2, 0) is 13.7 Å². The first-order valence-electron chi connectivity index (χ1n) is 5.63. The van der Waals surface area contributed by atoms with Gasteiger partial charge in [-0.2, -0.15) is 5.10 Å². The highest BCUT2D eigenvalue weighted by molar-refractivity contribution is 6.58. The maximum absolute atomic E-state index is 9.05. The number of ether oxygens (including phenoxy) is 1. The van der Waals surface area contributed by atoms with E-state index < -0.39 is 7.12 Å². The third-order valence-corrected chi connectivity index (χ3v) is 2.65. The summed E-state index contributed by atoms with van der Waals surface area (Å²) in [5.41, 5.74) is 2.31. The molecule has 1 heterocycles. The van der Waals surface area contributed by atoms with Gasteiger partial charge in [0.25, 0.3) is 0 Å². The molecule has 0 aliphatic heterocycles. The zero-order valence-electron chi connectivity index (χ0n) is 10.4. The summed E-state index contributed by atoms with van der Waals surface area (Å²) in [5.74, 6) is 0.725. The van der Waals surface area contributed by atoms with Crippen LogP contribution in [0.3, 0.4) is 0 Å². The van der Waals surface area contributed by atoms with Crippen LogP contribution >= 0.6 is 0 Å². The van der Waals surface area contributed by atoms with Gasteiger partial charge in [0.2, 0.25) is 0 Å². The highest BCUT2D eigenvalue weighted by atomic mass is 16.5. The Morgan fingerprint density at radius 3 is 2.72 bits per heavy atom. The molecule has 0 amide bonds. The molecule has 5 nitrogen and oxygen atoms in total. The predicted molar refractivity (Wildman–Crippen MR) is 68.5 cm³/mol. The molecule has 18 heavy (non-hydrogen) atoms. The molecular weight excluding hydrogens is 231 g/mol. The number of aryl methyl sites for hydroxylation is 2. The van der Waals surface area contributed by atoms with Crippen LogP contribution in [0.1, 0.15) is 11.1 Å². The van der Waals surface area contributed by atoms with E-state index in [1.165, 1.54) is 0 Å². The van der Waals surface area contributed by atoms with Crippen LogP contribution < -0.4 is 10.2 Å². The Labute approximate surface area is 106 Å². The summed E-state index contributed by atoms with van der Waals surface area (Å²) in [4.78, 5) is 0. The fourth-order valence-electron chi connectivity index (χ4n) is 1.70. The van der Waals surface area contributed by atoms with Crippen molar-refractivity contribution >= 4 is 12.6 Å². The van der Waals surface area contributed by atoms with E-state index in [4.69, 9.17) is 14.8 Å². The lowest BCUT2D eigenvalue weighted by Gasteiger charge is -2.09. The third kappa shape index (κ3) is 2.91. The van der Waals surface area contributed by atoms with Gasteiger partial charge in [0.15, 0.2) is 0 Å². The maximum atomic E-state index is 9.05. The average molecular weight is 246 g/mol. The Morgan fingerprint density at radius 1 is 1.39 bits per heavy atom. The summed E-state index contributed by atoms with van der Waals surface area (Å²) < 4.78 is 7.37. The minimum absolute atomic E-state index is 0.440. The minimum Gasteiger partial charge on any atom is -0.489 e. The topological polar surface area (TPSA) is 67.5 Å². The molecule has 94 valence electrons. The molecule has 2 rings (SSSR count). The van der Waals surface area contributed by atoms with E-state index in [9.17, 15) is 0 Å². The number of rotatable bonds is 4. The van der Waals surface area contributed by atoms with Crippen molar-refractivity contribution in [3.8, 4) is 5.75 Å². The zero-order chi connectivity index (χ0) is 13.1. The Kier molecular flexibility index (Phi) is 3.69. The lowest BCUT2D eigenvalue weighted by Crippen LogP contribution is -2.29. The van der Waals surface area contributed by atoms with E-state index in [1.807, 2.05) is 20.2 Å². The van der Waals surface area contributed by atoms with Crippen LogP contribution in [0.15, 0.2) is 30.6 Å². The number of nitrogens with zero attached hydrogens (tertiary/aromatic N) is 2. The Morgan fingerprint density at radius 2 is 2.17 bits per heavy atom. The van der Waals surface area contributed by atoms with Crippen molar-refractivity contribution < 1.29 is 14.8 Å². The van der Waals surface area contributed by atoms with E-state index in [-0.39, 0.29) is 0 Å². The Bertz CT molecular complexity index is 540. The zero-order valence-corrected chi connectivity index (χ0v) is 10.4. The van der Waals surface area contributed by atoms with Gasteiger partial charge in [-0.15, -0.1) is 0 Å². The minimum atomic E-state index is -1.45. The highest BCUT2D eigenvalue weighted by Crippen LogP contribution is 2.17. The second-order valence-corrected chi connectivity index (χ2v) is 4.21. The highest BCUT2D eigenvalue weighted by Gasteiger charge is 2.12. The second kappa shape index (κ2) is 5.24. The number of hydrogen-bond acceptors (Lipinski definition) is 4. The van der Waals surface area contributed by atoms with Gasteiger partial charge in [-0.1, -0.05) is 12.1 Å². The van der Waals surface area contributed by atoms with Crippen molar-refractivity contribution in [3.05, 3.63) is 41.7 Å². The van der Waals surface area contributed by atoms with Crippen LogP contribution in [0, 0.1) is 6.92 Å². The molecule has 0 radical (unpaired) electrons. The molecule has 0 fully saturated rings. The lowest BCUT2D eigenvalue weighted by molar-refractivity contribution is 0.304. The van der Waals surface area contributed by atoms with Gasteiger partial charge < -0.3 is 14.8 Å². The van der Waals surface area contributed by atoms with Crippen molar-refractivity contribution in [2.24, 2.45) is 7.05 Å². The van der Waals surface area contributed by atoms with Gasteiger partial charge in [-0.05, 0) is 24.0 Å². The van der Waals surface area contributed by atoms with Gasteiger partial charge in [0, 0.05) is 18.8 Å². The Balaban J connectivity index is 2.05. The lowest BCUT2D eigenvalue weighted by atomic mass is 9.79. The van der Waals surface area contributed by atoms with E-state index in [0.717, 1.165) is 16.9 Å². The quantitative estimate of drug-likeness (QED) is 0.744. The van der Waals surface area contributed by atoms with Crippen LogP contribution in [0.5, 0.6) is 5.75 Å². The Hall–Kier alpha value is -1.79. The molecule has 0 bridgehead atoms. The van der Waals surface area contributed by atoms with Crippen molar-refractivity contribution in [1.29, 1.82) is 0 Å². The first-order valence-corrected chi connectivity index (χ1v) is 5.63. The van der Waals surface area contributed by atoms with Crippen molar-refractivity contribution in [1.82, 2.24) is 9.78 Å². The molecule has 1 aromatic heterocycles. The number of aromatic nitrogens is 2. The molecule has 0 unspecified atom stereocenters. The SMILES string of the molecule is Cc1cc(B(O)O)ccc1OCc1cnn(C)c1. The van der Waals surface area contributed by atoms with Crippen LogP contribution in [0.25, 0.3) is 0 Å². The van der Waals surface area contributed by atoms with Gasteiger partial charge in [0.1, 0.15) is 12.4 Å². The molecule has 6 heteroatoms. The molecule has 0 aliphatic carbocycles. The van der Waals surface area contributed by atoms with Crippen molar-refractivity contribution in [2.75, 3.05) is 0 Å². The van der Waals surface area contributed by atoms with E-state index in [0.29, 0.717) is 12.1 Å². The largest absolute Gasteiger partial charge is 0.489 e. The molecule has 0 saturated heterocycles. The van der Waals surface area contributed by atoms with Gasteiger partial charge in [-0.3, -0.25) is 4.68 Å². The van der Waals surface area contributed by atoms with Crippen LogP contribution in [-0.4, -0.2) is 26.9 Å². The monoisotopic (exact) mass is 246 g/mol. The average Bonchev–Trinajstić information content (AvgIpc) is 2.73. The summed E-state index contributed by atoms with van der Waals surface area (Å²) in [6, 6.07) is 5.07. The van der Waals surface area contributed by atoms with Crippen LogP contribution in [0.2, 0.25) is 0 Å². The van der Waals surface area contributed by atoms with Crippen molar-refractivity contribution in [2.45, 2.75) is 13.5 Å². The maximum Gasteiger partial charge on any atom is 0.488 e. The standard InChI is InChI=1S/C12H15BN2O3/c1-9-5-11(13(16)17)3-4-12(9)18-8-10-6-14-15(2)7-10/h3-7,16-17H,8H2,1-2H3. The van der Waals surface area contributed by atoms with Crippen molar-refractivity contribution in [3.63, 3.8) is 0 Å². The molecule has 0 saturated carbocycles. The summed E-state index contributed by atoms with van der Waals surface area (Å²) in [5, 5.41) is 22.2. The smallest absolute Gasteiger partial charge is 0.488 e. The summed E-state index contributed by atoms with van der Waals surface area (Å²) in [7, 11) is 0.405. The molecule has 2 aromatic rings. The molecular formula is C12H15BN2O3. The summed E-state index contributed by atoms with van der Waals surface area (Å²) in [6.45, 7) is 2.31. The normalized spacial score (nSPS) is 10.4. The predicted octanol–water partition coefficient (Wildman–Crippen LogP) is -0.0127. The molecule has 1 aromatic carbocycles. The number of benzene rings is 1. The molecule has 0 spiro atoms. The first-order chi connectivity index (χ1) is 8.56. The molecule has 0 aliphatic rings. The van der Waals surface area contributed by atoms with Gasteiger partial charge in [-0.25, -0.2) is 0 Å². The number of hydrogen-bond donors (Lipinski definition) is 2. The fourth-order valence-corrected chi connectivity index (χ4v) is 1.70. The van der Waals surface area contributed by atoms with Gasteiger partial charge in [0.05, 0.1) is 6.20 Å². The first kappa shape index (κ1) is 12.7. The second-order valence-electron chi connectivity index (χ2n) is 4.21. The van der Waals surface area contributed by atoms with E-state index in [2.05, 4.69) is 5.10 Å². The van der Waals surface area contributed by atoms with Gasteiger partial charge >= 0.3 is 7.12 Å². The molecule has 0 atom stereocenters. The van der Waals surface area contributed by atoms with Crippen LogP contribution in [0.4, 0.5) is 0 Å².